The Bertz CT molecular complexity index is 807. The highest BCUT2D eigenvalue weighted by atomic mass is 16.7. The molecule has 0 aromatic carbocycles. The first-order valence-corrected chi connectivity index (χ1v) is 12.5. The third kappa shape index (κ3) is 8.23. The second-order valence-corrected chi connectivity index (χ2v) is 9.57. The van der Waals surface area contributed by atoms with Gasteiger partial charge in [0.2, 0.25) is 11.8 Å². The van der Waals surface area contributed by atoms with Crippen LogP contribution in [0.15, 0.2) is 0 Å². The largest absolute Gasteiger partial charge is 0.394 e. The van der Waals surface area contributed by atoms with Crippen LogP contribution in [-0.4, -0.2) is 175 Å². The molecule has 0 spiro atoms. The molecule has 0 bridgehead atoms. The van der Waals surface area contributed by atoms with Crippen molar-refractivity contribution in [2.75, 3.05) is 26.4 Å². The maximum Gasteiger partial charge on any atom is 0.217 e. The maximum atomic E-state index is 12.0. The van der Waals surface area contributed by atoms with E-state index in [1.54, 1.807) is 0 Å². The number of rotatable bonds is 13. The summed E-state index contributed by atoms with van der Waals surface area (Å²) >= 11 is 0. The first-order chi connectivity index (χ1) is 18.8. The second-order valence-electron chi connectivity index (χ2n) is 9.57. The lowest BCUT2D eigenvalue weighted by Gasteiger charge is -2.48. The summed E-state index contributed by atoms with van der Waals surface area (Å²) in [5.74, 6) is -1.37. The van der Waals surface area contributed by atoms with E-state index in [1.807, 2.05) is 0 Å². The first-order valence-electron chi connectivity index (χ1n) is 12.5. The molecule has 14 atom stereocenters. The summed E-state index contributed by atoms with van der Waals surface area (Å²) in [7, 11) is 0. The molecule has 2 unspecified atom stereocenters. The Morgan fingerprint density at radius 3 is 1.90 bits per heavy atom. The third-order valence-corrected chi connectivity index (χ3v) is 6.55. The summed E-state index contributed by atoms with van der Waals surface area (Å²) in [6.45, 7) is -1.24. The molecule has 0 aliphatic carbocycles. The van der Waals surface area contributed by atoms with Gasteiger partial charge in [-0.2, -0.15) is 0 Å². The Morgan fingerprint density at radius 2 is 1.40 bits per heavy atom. The van der Waals surface area contributed by atoms with E-state index < -0.39 is 124 Å². The van der Waals surface area contributed by atoms with E-state index >= 15 is 0 Å². The fourth-order valence-electron chi connectivity index (χ4n) is 4.46. The molecule has 0 aromatic heterocycles. The molecule has 2 heterocycles. The molecule has 40 heavy (non-hydrogen) atoms. The van der Waals surface area contributed by atoms with E-state index in [9.17, 15) is 60.7 Å². The van der Waals surface area contributed by atoms with E-state index in [1.165, 1.54) is 0 Å². The van der Waals surface area contributed by atoms with Crippen molar-refractivity contribution in [1.82, 2.24) is 10.6 Å². The molecule has 0 saturated carbocycles. The van der Waals surface area contributed by atoms with E-state index in [4.69, 9.17) is 18.9 Å². The van der Waals surface area contributed by atoms with Crippen LogP contribution in [0.2, 0.25) is 0 Å². The molecule has 0 aromatic rings. The highest BCUT2D eigenvalue weighted by molar-refractivity contribution is 5.73. The predicted octanol–water partition coefficient (Wildman–Crippen LogP) is -7.65. The van der Waals surface area contributed by atoms with Crippen LogP contribution >= 0.6 is 0 Å². The molecule has 18 nitrogen and oxygen atoms in total. The van der Waals surface area contributed by atoms with E-state index in [2.05, 4.69) is 10.6 Å². The first kappa shape index (κ1) is 34.6. The minimum absolute atomic E-state index is 0.649. The molecular formula is C22H40N2O16. The van der Waals surface area contributed by atoms with Gasteiger partial charge in [-0.15, -0.1) is 0 Å². The molecule has 2 aliphatic rings. The number of carbonyl (C=O) groups excluding carboxylic acids is 2. The lowest BCUT2D eigenvalue weighted by atomic mass is 9.95. The summed E-state index contributed by atoms with van der Waals surface area (Å²) in [6.07, 6.45) is -20.6. The van der Waals surface area contributed by atoms with Crippen molar-refractivity contribution in [3.05, 3.63) is 0 Å². The highest BCUT2D eigenvalue weighted by Gasteiger charge is 2.52. The van der Waals surface area contributed by atoms with Gasteiger partial charge in [-0.05, 0) is 0 Å². The summed E-state index contributed by atoms with van der Waals surface area (Å²) in [5.41, 5.74) is 0. The Hall–Kier alpha value is -1.62. The van der Waals surface area contributed by atoms with Crippen LogP contribution < -0.4 is 10.6 Å². The molecule has 2 amide bonds. The molecule has 2 fully saturated rings. The predicted molar refractivity (Wildman–Crippen MR) is 127 cm³/mol. The van der Waals surface area contributed by atoms with Crippen molar-refractivity contribution in [1.29, 1.82) is 0 Å². The van der Waals surface area contributed by atoms with Crippen LogP contribution in [0.4, 0.5) is 0 Å². The Balaban J connectivity index is 2.35. The number of aliphatic hydroxyl groups excluding tert-OH is 10. The van der Waals surface area contributed by atoms with Crippen LogP contribution in [0.25, 0.3) is 0 Å². The zero-order valence-corrected chi connectivity index (χ0v) is 21.8. The van der Waals surface area contributed by atoms with Gasteiger partial charge in [-0.25, -0.2) is 0 Å². The molecule has 2 saturated heterocycles. The van der Waals surface area contributed by atoms with Gasteiger partial charge in [-0.1, -0.05) is 0 Å². The molecule has 234 valence electrons. The standard InChI is InChI=1S/C22H40N2O16/c1-7(29)23-9(3-25)14(32)19(10(31)4-26)39-21-13(24-8(2)30)16(34)20(12(6-28)38-21)40-22-18(36)17(35)15(33)11(5-27)37-22/h9-22,25-28,31-36H,3-6H2,1-2H3,(H,23,29)(H,24,30)/t9-,10+,11+,12+,13+,14+,15+,16+,17-,18-,19+,20+,21?,22?/m0/s1. The summed E-state index contributed by atoms with van der Waals surface area (Å²) < 4.78 is 22.1. The average molecular weight is 589 g/mol. The molecule has 0 radical (unpaired) electrons. The molecule has 2 rings (SSSR count). The minimum atomic E-state index is -1.87. The van der Waals surface area contributed by atoms with Gasteiger partial charge in [0.05, 0.1) is 32.5 Å². The van der Waals surface area contributed by atoms with Gasteiger partial charge < -0.3 is 80.6 Å². The highest BCUT2D eigenvalue weighted by Crippen LogP contribution is 2.30. The molecule has 2 aliphatic heterocycles. The SMILES string of the molecule is CC(=O)N[C@@H](CO)[C@@H](O)[C@H](OC1O[C@H](CO)[C@@H](OC2O[C@H](CO)[C@@H](O)[C@H](O)[C@@H]2O)[C@H](O)[C@H]1NC(C)=O)[C@H](O)CO. The lowest BCUT2D eigenvalue weighted by Crippen LogP contribution is -2.68. The number of nitrogens with one attached hydrogen (secondary N) is 2. The topological polar surface area (TPSA) is 297 Å². The number of ether oxygens (including phenoxy) is 4. The number of aliphatic hydroxyl groups is 10. The summed E-state index contributed by atoms with van der Waals surface area (Å²) in [4.78, 5) is 23.4. The van der Waals surface area contributed by atoms with E-state index in [0.29, 0.717) is 0 Å². The molecular weight excluding hydrogens is 548 g/mol. The molecule has 12 N–H and O–H groups in total. The van der Waals surface area contributed by atoms with Crippen molar-refractivity contribution in [3.8, 4) is 0 Å². The third-order valence-electron chi connectivity index (χ3n) is 6.55. The van der Waals surface area contributed by atoms with Crippen molar-refractivity contribution in [2.45, 2.75) is 99.6 Å². The van der Waals surface area contributed by atoms with Crippen molar-refractivity contribution >= 4 is 11.8 Å². The van der Waals surface area contributed by atoms with Crippen molar-refractivity contribution < 1.29 is 79.6 Å². The fraction of sp³-hybridized carbons (Fsp3) is 0.909. The van der Waals surface area contributed by atoms with Crippen LogP contribution in [0.3, 0.4) is 0 Å². The van der Waals surface area contributed by atoms with Gasteiger partial charge in [0.25, 0.3) is 0 Å². The van der Waals surface area contributed by atoms with Crippen molar-refractivity contribution in [3.63, 3.8) is 0 Å². The van der Waals surface area contributed by atoms with E-state index in [-0.39, 0.29) is 0 Å². The smallest absolute Gasteiger partial charge is 0.217 e. The van der Waals surface area contributed by atoms with E-state index in [0.717, 1.165) is 13.8 Å². The van der Waals surface area contributed by atoms with Crippen LogP contribution in [0.5, 0.6) is 0 Å². The quantitative estimate of drug-likeness (QED) is 0.0950. The van der Waals surface area contributed by atoms with Gasteiger partial charge in [-0.3, -0.25) is 9.59 Å². The fourth-order valence-corrected chi connectivity index (χ4v) is 4.46. The van der Waals surface area contributed by atoms with Crippen LogP contribution in [-0.2, 0) is 28.5 Å². The summed E-state index contributed by atoms with van der Waals surface area (Å²) in [5, 5.41) is 106. The van der Waals surface area contributed by atoms with Crippen molar-refractivity contribution in [2.24, 2.45) is 0 Å². The Labute approximate surface area is 228 Å². The number of amides is 2. The van der Waals surface area contributed by atoms with Gasteiger partial charge in [0, 0.05) is 13.8 Å². The number of hydrogen-bond donors (Lipinski definition) is 12. The van der Waals surface area contributed by atoms with Gasteiger partial charge >= 0.3 is 0 Å². The normalized spacial score (nSPS) is 37.7. The zero-order valence-electron chi connectivity index (χ0n) is 21.8. The minimum Gasteiger partial charge on any atom is -0.394 e. The van der Waals surface area contributed by atoms with Gasteiger partial charge in [0.15, 0.2) is 12.6 Å². The van der Waals surface area contributed by atoms with Gasteiger partial charge in [0.1, 0.15) is 67.1 Å². The summed E-state index contributed by atoms with van der Waals surface area (Å²) in [6, 6.07) is -2.93. The Morgan fingerprint density at radius 1 is 0.800 bits per heavy atom. The number of hydrogen-bond acceptors (Lipinski definition) is 16. The lowest BCUT2D eigenvalue weighted by molar-refractivity contribution is -0.354. The van der Waals surface area contributed by atoms with Crippen LogP contribution in [0, 0.1) is 0 Å². The zero-order chi connectivity index (χ0) is 30.3. The Kier molecular flexibility index (Phi) is 13.5. The molecule has 18 heteroatoms. The van der Waals surface area contributed by atoms with Crippen LogP contribution in [0.1, 0.15) is 13.8 Å². The average Bonchev–Trinajstić information content (AvgIpc) is 2.92. The second kappa shape index (κ2) is 15.6. The monoisotopic (exact) mass is 588 g/mol. The maximum absolute atomic E-state index is 12.0. The number of carbonyl (C=O) groups is 2.